The van der Waals surface area contributed by atoms with Gasteiger partial charge in [0.2, 0.25) is 0 Å². The predicted molar refractivity (Wildman–Crippen MR) is 77.0 cm³/mol. The Labute approximate surface area is 119 Å². The second-order valence-electron chi connectivity index (χ2n) is 5.31. The minimum atomic E-state index is -0.264. The van der Waals surface area contributed by atoms with Gasteiger partial charge in [0.15, 0.2) is 11.5 Å². The number of benzene rings is 1. The van der Waals surface area contributed by atoms with Crippen molar-refractivity contribution in [3.63, 3.8) is 0 Å². The molecule has 1 saturated heterocycles. The largest absolute Gasteiger partial charge is 0.504 e. The van der Waals surface area contributed by atoms with Crippen LogP contribution in [-0.4, -0.2) is 58.6 Å². The van der Waals surface area contributed by atoms with Gasteiger partial charge in [-0.2, -0.15) is 0 Å². The fourth-order valence-corrected chi connectivity index (χ4v) is 2.79. The number of amides is 1. The van der Waals surface area contributed by atoms with Gasteiger partial charge in [-0.05, 0) is 44.1 Å². The van der Waals surface area contributed by atoms with E-state index in [1.807, 2.05) is 0 Å². The molecule has 0 bridgehead atoms. The molecule has 2 rings (SSSR count). The van der Waals surface area contributed by atoms with Crippen LogP contribution in [0.15, 0.2) is 18.2 Å². The highest BCUT2D eigenvalue weighted by Gasteiger charge is 2.26. The molecule has 1 aliphatic rings. The van der Waals surface area contributed by atoms with E-state index in [2.05, 4.69) is 11.8 Å². The molecule has 5 nitrogen and oxygen atoms in total. The molecule has 1 aromatic carbocycles. The van der Waals surface area contributed by atoms with Crippen molar-refractivity contribution in [2.24, 2.45) is 0 Å². The number of phenols is 2. The molecule has 2 N–H and O–H groups in total. The summed E-state index contributed by atoms with van der Waals surface area (Å²) in [4.78, 5) is 16.4. The molecular weight excluding hydrogens is 256 g/mol. The molecule has 5 heteroatoms. The summed E-state index contributed by atoms with van der Waals surface area (Å²) in [6.45, 7) is 4.93. The van der Waals surface area contributed by atoms with E-state index in [-0.39, 0.29) is 17.4 Å². The maximum Gasteiger partial charge on any atom is 0.253 e. The Bertz CT molecular complexity index is 490. The molecule has 1 heterocycles. The highest BCUT2D eigenvalue weighted by molar-refractivity contribution is 5.94. The van der Waals surface area contributed by atoms with Crippen molar-refractivity contribution in [2.45, 2.75) is 25.8 Å². The average molecular weight is 278 g/mol. The third kappa shape index (κ3) is 3.04. The number of phenolic OH excluding ortho intramolecular Hbond substituents is 2. The van der Waals surface area contributed by atoms with Gasteiger partial charge in [0.05, 0.1) is 0 Å². The van der Waals surface area contributed by atoms with Gasteiger partial charge in [-0.15, -0.1) is 0 Å². The topological polar surface area (TPSA) is 64.0 Å². The summed E-state index contributed by atoms with van der Waals surface area (Å²) in [5.41, 5.74) is 0.392. The van der Waals surface area contributed by atoms with Gasteiger partial charge in [-0.1, -0.05) is 6.92 Å². The lowest BCUT2D eigenvalue weighted by molar-refractivity contribution is 0.0754. The lowest BCUT2D eigenvalue weighted by atomic mass is 10.1. The predicted octanol–water partition coefficient (Wildman–Crippen LogP) is 1.65. The molecule has 0 saturated carbocycles. The van der Waals surface area contributed by atoms with Crippen molar-refractivity contribution in [1.82, 2.24) is 9.80 Å². The van der Waals surface area contributed by atoms with Crippen LogP contribution in [0.25, 0.3) is 0 Å². The molecule has 110 valence electrons. The van der Waals surface area contributed by atoms with Crippen molar-refractivity contribution in [1.29, 1.82) is 0 Å². The summed E-state index contributed by atoms with van der Waals surface area (Å²) < 4.78 is 0. The van der Waals surface area contributed by atoms with Gasteiger partial charge in [-0.3, -0.25) is 9.69 Å². The molecule has 1 fully saturated rings. The first-order valence-electron chi connectivity index (χ1n) is 7.04. The summed E-state index contributed by atoms with van der Waals surface area (Å²) >= 11 is 0. The fraction of sp³-hybridized carbons (Fsp3) is 0.533. The number of nitrogens with zero attached hydrogens (tertiary/aromatic N) is 2. The number of likely N-dealkylation sites (N-methyl/N-ethyl adjacent to an activating group) is 2. The van der Waals surface area contributed by atoms with Gasteiger partial charge < -0.3 is 15.1 Å². The number of rotatable bonds is 4. The Kier molecular flexibility index (Phi) is 4.49. The van der Waals surface area contributed by atoms with Crippen LogP contribution in [-0.2, 0) is 0 Å². The van der Waals surface area contributed by atoms with Crippen LogP contribution in [0.2, 0.25) is 0 Å². The van der Waals surface area contributed by atoms with Gasteiger partial charge in [-0.25, -0.2) is 0 Å². The lowest BCUT2D eigenvalue weighted by Gasteiger charge is -2.27. The van der Waals surface area contributed by atoms with E-state index in [0.717, 1.165) is 19.5 Å². The van der Waals surface area contributed by atoms with E-state index in [0.29, 0.717) is 18.2 Å². The van der Waals surface area contributed by atoms with Gasteiger partial charge in [0, 0.05) is 25.2 Å². The Balaban J connectivity index is 2.03. The quantitative estimate of drug-likeness (QED) is 0.822. The Hall–Kier alpha value is -1.75. The second kappa shape index (κ2) is 6.13. The van der Waals surface area contributed by atoms with Crippen LogP contribution >= 0.6 is 0 Å². The third-order valence-corrected chi connectivity index (χ3v) is 3.96. The van der Waals surface area contributed by atoms with E-state index in [9.17, 15) is 15.0 Å². The zero-order chi connectivity index (χ0) is 14.7. The Morgan fingerprint density at radius 3 is 2.80 bits per heavy atom. The van der Waals surface area contributed by atoms with E-state index < -0.39 is 0 Å². The molecule has 1 aliphatic heterocycles. The average Bonchev–Trinajstić information content (AvgIpc) is 2.88. The zero-order valence-corrected chi connectivity index (χ0v) is 12.0. The van der Waals surface area contributed by atoms with E-state index in [4.69, 9.17) is 0 Å². The van der Waals surface area contributed by atoms with Gasteiger partial charge >= 0.3 is 0 Å². The van der Waals surface area contributed by atoms with Crippen molar-refractivity contribution in [3.8, 4) is 11.5 Å². The van der Waals surface area contributed by atoms with Crippen molar-refractivity contribution >= 4 is 5.91 Å². The van der Waals surface area contributed by atoms with Crippen LogP contribution in [0.4, 0.5) is 0 Å². The van der Waals surface area contributed by atoms with Crippen molar-refractivity contribution < 1.29 is 15.0 Å². The van der Waals surface area contributed by atoms with Gasteiger partial charge in [0.25, 0.3) is 5.91 Å². The van der Waals surface area contributed by atoms with Crippen LogP contribution in [0.1, 0.15) is 30.1 Å². The van der Waals surface area contributed by atoms with Crippen LogP contribution in [0.5, 0.6) is 11.5 Å². The summed E-state index contributed by atoms with van der Waals surface area (Å²) in [5.74, 6) is -0.610. The standard InChI is InChI=1S/C15H22N2O3/c1-3-17-8-4-5-12(17)10-16(2)15(20)11-6-7-13(18)14(19)9-11/h6-7,9,12,18-19H,3-5,8,10H2,1-2H3. The first kappa shape index (κ1) is 14.7. The number of likely N-dealkylation sites (tertiary alicyclic amines) is 1. The molecule has 1 aromatic rings. The smallest absolute Gasteiger partial charge is 0.253 e. The Morgan fingerprint density at radius 2 is 2.15 bits per heavy atom. The molecule has 1 amide bonds. The molecule has 0 aliphatic carbocycles. The van der Waals surface area contributed by atoms with Gasteiger partial charge in [0.1, 0.15) is 0 Å². The summed E-state index contributed by atoms with van der Waals surface area (Å²) in [7, 11) is 1.78. The number of carbonyl (C=O) groups is 1. The maximum atomic E-state index is 12.3. The summed E-state index contributed by atoms with van der Waals surface area (Å²) in [6.07, 6.45) is 2.30. The second-order valence-corrected chi connectivity index (χ2v) is 5.31. The van der Waals surface area contributed by atoms with Crippen molar-refractivity contribution in [3.05, 3.63) is 23.8 Å². The fourth-order valence-electron chi connectivity index (χ4n) is 2.79. The number of hydrogen-bond acceptors (Lipinski definition) is 4. The van der Waals surface area contributed by atoms with E-state index in [1.165, 1.54) is 24.6 Å². The van der Waals surface area contributed by atoms with E-state index >= 15 is 0 Å². The monoisotopic (exact) mass is 278 g/mol. The minimum Gasteiger partial charge on any atom is -0.504 e. The number of hydrogen-bond donors (Lipinski definition) is 2. The lowest BCUT2D eigenvalue weighted by Crippen LogP contribution is -2.41. The van der Waals surface area contributed by atoms with Crippen LogP contribution in [0, 0.1) is 0 Å². The number of carbonyl (C=O) groups excluding carboxylic acids is 1. The minimum absolute atomic E-state index is 0.136. The van der Waals surface area contributed by atoms with Crippen LogP contribution < -0.4 is 0 Å². The third-order valence-electron chi connectivity index (χ3n) is 3.96. The molecule has 0 radical (unpaired) electrons. The Morgan fingerprint density at radius 1 is 1.40 bits per heavy atom. The van der Waals surface area contributed by atoms with Crippen molar-refractivity contribution in [2.75, 3.05) is 26.7 Å². The molecule has 1 atom stereocenters. The molecule has 20 heavy (non-hydrogen) atoms. The highest BCUT2D eigenvalue weighted by Crippen LogP contribution is 2.25. The maximum absolute atomic E-state index is 12.3. The van der Waals surface area contributed by atoms with E-state index in [1.54, 1.807) is 11.9 Å². The summed E-state index contributed by atoms with van der Waals surface area (Å²) in [5, 5.41) is 18.7. The highest BCUT2D eigenvalue weighted by atomic mass is 16.3. The summed E-state index contributed by atoms with van der Waals surface area (Å²) in [6, 6.07) is 4.59. The first-order valence-corrected chi connectivity index (χ1v) is 7.04. The first-order chi connectivity index (χ1) is 9.52. The molecule has 0 aromatic heterocycles. The molecule has 0 spiro atoms. The zero-order valence-electron chi connectivity index (χ0n) is 12.0. The SMILES string of the molecule is CCN1CCCC1CN(C)C(=O)c1ccc(O)c(O)c1. The molecule has 1 unspecified atom stereocenters. The normalized spacial score (nSPS) is 19.2. The molecular formula is C15H22N2O3. The van der Waals surface area contributed by atoms with Crippen LogP contribution in [0.3, 0.4) is 0 Å². The number of aromatic hydroxyl groups is 2.